The van der Waals surface area contributed by atoms with Crippen LogP contribution < -0.4 is 0 Å². The molecule has 0 saturated carbocycles. The SMILES string of the molecule is CC(C)(c1ccc(F)cc1)c1nc(Cl)c(I)c(Cl)n1. The topological polar surface area (TPSA) is 25.8 Å². The number of aromatic nitrogens is 2. The van der Waals surface area contributed by atoms with E-state index >= 15 is 0 Å². The number of benzene rings is 1. The summed E-state index contributed by atoms with van der Waals surface area (Å²) in [5.41, 5.74) is 0.382. The Hall–Kier alpha value is -0.460. The van der Waals surface area contributed by atoms with Gasteiger partial charge in [-0.05, 0) is 54.1 Å². The van der Waals surface area contributed by atoms with Crippen LogP contribution in [0.5, 0.6) is 0 Å². The van der Waals surface area contributed by atoms with Gasteiger partial charge in [-0.3, -0.25) is 0 Å². The minimum atomic E-state index is -0.509. The van der Waals surface area contributed by atoms with Gasteiger partial charge in [0.25, 0.3) is 0 Å². The minimum Gasteiger partial charge on any atom is -0.219 e. The van der Waals surface area contributed by atoms with Gasteiger partial charge in [0.1, 0.15) is 21.9 Å². The monoisotopic (exact) mass is 410 g/mol. The predicted octanol–water partition coefficient (Wildman–Crippen LogP) is 4.85. The van der Waals surface area contributed by atoms with Crippen LogP contribution in [0, 0.1) is 9.39 Å². The molecule has 2 rings (SSSR count). The fourth-order valence-electron chi connectivity index (χ4n) is 1.67. The summed E-state index contributed by atoms with van der Waals surface area (Å²) in [5, 5.41) is 0.650. The lowest BCUT2D eigenvalue weighted by molar-refractivity contribution is 0.582. The smallest absolute Gasteiger partial charge is 0.147 e. The average molecular weight is 411 g/mol. The van der Waals surface area contributed by atoms with E-state index in [1.54, 1.807) is 12.1 Å². The molecule has 0 atom stereocenters. The van der Waals surface area contributed by atoms with E-state index in [4.69, 9.17) is 23.2 Å². The second-order valence-electron chi connectivity index (χ2n) is 4.57. The Kier molecular flexibility index (Phi) is 4.32. The molecule has 0 spiro atoms. The molecule has 2 nitrogen and oxygen atoms in total. The van der Waals surface area contributed by atoms with E-state index in [1.165, 1.54) is 12.1 Å². The molecule has 0 fully saturated rings. The van der Waals surface area contributed by atoms with Crippen molar-refractivity contribution in [2.75, 3.05) is 0 Å². The lowest BCUT2D eigenvalue weighted by Crippen LogP contribution is -2.23. The van der Waals surface area contributed by atoms with Gasteiger partial charge in [-0.1, -0.05) is 35.3 Å². The third kappa shape index (κ3) is 3.01. The number of halogens is 4. The highest BCUT2D eigenvalue weighted by molar-refractivity contribution is 14.1. The molecule has 1 aromatic heterocycles. The van der Waals surface area contributed by atoms with Gasteiger partial charge >= 0.3 is 0 Å². The van der Waals surface area contributed by atoms with E-state index in [-0.39, 0.29) is 5.82 Å². The van der Waals surface area contributed by atoms with Crippen LogP contribution in [0.3, 0.4) is 0 Å². The third-order valence-electron chi connectivity index (χ3n) is 2.90. The largest absolute Gasteiger partial charge is 0.219 e. The van der Waals surface area contributed by atoms with Gasteiger partial charge in [-0.15, -0.1) is 0 Å². The van der Waals surface area contributed by atoms with E-state index < -0.39 is 5.41 Å². The van der Waals surface area contributed by atoms with Crippen LogP contribution in [-0.2, 0) is 5.41 Å². The lowest BCUT2D eigenvalue weighted by Gasteiger charge is -2.24. The molecular weight excluding hydrogens is 401 g/mol. The van der Waals surface area contributed by atoms with Crippen molar-refractivity contribution in [1.82, 2.24) is 9.97 Å². The fourth-order valence-corrected chi connectivity index (χ4v) is 2.30. The molecule has 2 aromatic rings. The Morgan fingerprint density at radius 3 is 2.00 bits per heavy atom. The van der Waals surface area contributed by atoms with Crippen LogP contribution in [0.1, 0.15) is 25.2 Å². The highest BCUT2D eigenvalue weighted by atomic mass is 127. The normalized spacial score (nSPS) is 11.7. The van der Waals surface area contributed by atoms with Gasteiger partial charge < -0.3 is 0 Å². The standard InChI is InChI=1S/C13H10Cl2FIN2/c1-13(2,7-3-5-8(16)6-4-7)12-18-10(14)9(17)11(15)19-12/h3-6H,1-2H3. The van der Waals surface area contributed by atoms with E-state index in [1.807, 2.05) is 36.4 Å². The molecule has 0 saturated heterocycles. The summed E-state index contributed by atoms with van der Waals surface area (Å²) in [6, 6.07) is 6.23. The summed E-state index contributed by atoms with van der Waals surface area (Å²) >= 11 is 14.1. The molecule has 0 aliphatic rings. The highest BCUT2D eigenvalue weighted by Crippen LogP contribution is 2.32. The summed E-state index contributed by atoms with van der Waals surface area (Å²) in [5.74, 6) is 0.230. The van der Waals surface area contributed by atoms with Crippen molar-refractivity contribution in [3.8, 4) is 0 Å². The van der Waals surface area contributed by atoms with Crippen LogP contribution in [0.2, 0.25) is 10.3 Å². The van der Waals surface area contributed by atoms with Crippen molar-refractivity contribution < 1.29 is 4.39 Å². The first-order valence-corrected chi connectivity index (χ1v) is 7.31. The highest BCUT2D eigenvalue weighted by Gasteiger charge is 2.28. The van der Waals surface area contributed by atoms with Crippen LogP contribution in [-0.4, -0.2) is 9.97 Å². The second-order valence-corrected chi connectivity index (χ2v) is 6.37. The van der Waals surface area contributed by atoms with Gasteiger partial charge in [-0.2, -0.15) is 0 Å². The van der Waals surface area contributed by atoms with E-state index in [0.29, 0.717) is 19.7 Å². The Labute approximate surface area is 134 Å². The molecule has 6 heteroatoms. The number of nitrogens with zero attached hydrogens (tertiary/aromatic N) is 2. The molecule has 100 valence electrons. The predicted molar refractivity (Wildman–Crippen MR) is 83.3 cm³/mol. The van der Waals surface area contributed by atoms with Crippen LogP contribution >= 0.6 is 45.8 Å². The summed E-state index contributed by atoms with van der Waals surface area (Å²) in [6.07, 6.45) is 0. The van der Waals surface area contributed by atoms with Crippen molar-refractivity contribution in [2.45, 2.75) is 19.3 Å². The summed E-state index contributed by atoms with van der Waals surface area (Å²) < 4.78 is 13.6. The zero-order valence-electron chi connectivity index (χ0n) is 10.2. The summed E-state index contributed by atoms with van der Waals surface area (Å²) in [6.45, 7) is 3.88. The molecule has 0 amide bonds. The number of hydrogen-bond donors (Lipinski definition) is 0. The molecule has 0 bridgehead atoms. The number of rotatable bonds is 2. The Balaban J connectivity index is 2.52. The van der Waals surface area contributed by atoms with Crippen molar-refractivity contribution in [1.29, 1.82) is 0 Å². The first kappa shape index (κ1) is 14.9. The molecular formula is C13H10Cl2FIN2. The first-order valence-electron chi connectivity index (χ1n) is 5.47. The average Bonchev–Trinajstić information content (AvgIpc) is 2.35. The maximum atomic E-state index is 13.0. The van der Waals surface area contributed by atoms with Crippen LogP contribution in [0.15, 0.2) is 24.3 Å². The van der Waals surface area contributed by atoms with E-state index in [9.17, 15) is 4.39 Å². The van der Waals surface area contributed by atoms with Gasteiger partial charge in [0.05, 0.1) is 3.57 Å². The van der Waals surface area contributed by atoms with Crippen molar-refractivity contribution in [2.24, 2.45) is 0 Å². The molecule has 1 heterocycles. The summed E-state index contributed by atoms with van der Waals surface area (Å²) in [4.78, 5) is 8.55. The summed E-state index contributed by atoms with van der Waals surface area (Å²) in [7, 11) is 0. The van der Waals surface area contributed by atoms with Crippen molar-refractivity contribution in [3.63, 3.8) is 0 Å². The van der Waals surface area contributed by atoms with Crippen molar-refractivity contribution in [3.05, 3.63) is 55.3 Å². The maximum Gasteiger partial charge on any atom is 0.147 e. The van der Waals surface area contributed by atoms with E-state index in [0.717, 1.165) is 5.56 Å². The zero-order valence-corrected chi connectivity index (χ0v) is 13.9. The van der Waals surface area contributed by atoms with Gasteiger partial charge in [0.2, 0.25) is 0 Å². The molecule has 0 radical (unpaired) electrons. The van der Waals surface area contributed by atoms with Gasteiger partial charge in [0.15, 0.2) is 0 Å². The van der Waals surface area contributed by atoms with Crippen molar-refractivity contribution >= 4 is 45.8 Å². The molecule has 19 heavy (non-hydrogen) atoms. The number of hydrogen-bond acceptors (Lipinski definition) is 2. The molecule has 0 N–H and O–H groups in total. The third-order valence-corrected chi connectivity index (χ3v) is 5.10. The van der Waals surface area contributed by atoms with Gasteiger partial charge in [-0.25, -0.2) is 14.4 Å². The Morgan fingerprint density at radius 1 is 1.05 bits per heavy atom. The van der Waals surface area contributed by atoms with Crippen LogP contribution in [0.25, 0.3) is 0 Å². The van der Waals surface area contributed by atoms with E-state index in [2.05, 4.69) is 9.97 Å². The lowest BCUT2D eigenvalue weighted by atomic mass is 9.84. The fraction of sp³-hybridized carbons (Fsp3) is 0.231. The second kappa shape index (κ2) is 5.50. The quantitative estimate of drug-likeness (QED) is 0.522. The van der Waals surface area contributed by atoms with Gasteiger partial charge in [0, 0.05) is 5.41 Å². The van der Waals surface area contributed by atoms with Crippen LogP contribution in [0.4, 0.5) is 4.39 Å². The first-order chi connectivity index (χ1) is 8.82. The minimum absolute atomic E-state index is 0.279. The Morgan fingerprint density at radius 2 is 1.53 bits per heavy atom. The Bertz CT molecular complexity index is 592. The molecule has 1 aromatic carbocycles. The maximum absolute atomic E-state index is 13.0. The zero-order chi connectivity index (χ0) is 14.2. The molecule has 0 unspecified atom stereocenters. The molecule has 0 aliphatic carbocycles. The molecule has 0 aliphatic heterocycles.